The van der Waals surface area contributed by atoms with Gasteiger partial charge in [0.05, 0.1) is 55.2 Å². The molecule has 5 fully saturated rings. The lowest BCUT2D eigenvalue weighted by atomic mass is 9.76. The van der Waals surface area contributed by atoms with Crippen LogP contribution in [0.15, 0.2) is 0 Å². The van der Waals surface area contributed by atoms with E-state index in [1.54, 1.807) is 13.8 Å². The number of carbonyl (C=O) groups is 3. The van der Waals surface area contributed by atoms with E-state index < -0.39 is 90.0 Å². The number of ether oxygens (including phenoxy) is 8. The third-order valence-corrected chi connectivity index (χ3v) is 11.2. The van der Waals surface area contributed by atoms with Gasteiger partial charge in [-0.15, -0.1) is 0 Å². The van der Waals surface area contributed by atoms with Crippen LogP contribution in [0, 0.1) is 23.7 Å². The van der Waals surface area contributed by atoms with Crippen molar-refractivity contribution in [2.75, 3.05) is 26.3 Å². The van der Waals surface area contributed by atoms with Gasteiger partial charge in [-0.1, -0.05) is 27.7 Å². The molecular weight excluding hydrogens is 614 g/mol. The fourth-order valence-corrected chi connectivity index (χ4v) is 8.88. The number of morpholine rings is 1. The molecule has 5 aliphatic rings. The first-order valence-corrected chi connectivity index (χ1v) is 17.4. The predicted molar refractivity (Wildman–Crippen MR) is 166 cm³/mol. The van der Waals surface area contributed by atoms with E-state index in [1.165, 1.54) is 6.92 Å². The molecule has 0 radical (unpaired) electrons. The van der Waals surface area contributed by atoms with Gasteiger partial charge >= 0.3 is 18.1 Å². The molecule has 5 heterocycles. The van der Waals surface area contributed by atoms with E-state index in [2.05, 4.69) is 11.8 Å². The van der Waals surface area contributed by atoms with Gasteiger partial charge in [-0.25, -0.2) is 4.79 Å². The number of aliphatic hydroxyl groups excluding tert-OH is 1. The third-order valence-electron chi connectivity index (χ3n) is 11.2. The molecule has 5 aliphatic heterocycles. The first kappa shape index (κ1) is 36.3. The Balaban J connectivity index is 1.51. The first-order chi connectivity index (χ1) is 22.1. The van der Waals surface area contributed by atoms with Crippen LogP contribution >= 0.6 is 0 Å². The van der Waals surface area contributed by atoms with Gasteiger partial charge < -0.3 is 43.0 Å². The summed E-state index contributed by atoms with van der Waals surface area (Å²) in [5.41, 5.74) is -2.20. The Kier molecular flexibility index (Phi) is 10.9. The summed E-state index contributed by atoms with van der Waals surface area (Å²) in [6, 6.07) is -0.165. The number of rotatable bonds is 6. The SMILES string of the molecule is CC[C@H]1OC(=O)O[C@@]1(C)[C@@H]1OC(=O)[C@H](C)[C@@H](O)[C@H](C)[C@@H](O[C@@H]2OC(C)CC(N3CCOCC3)C2OC(C)=O)[C@]2(C)CC(C)C(O2)[C@@H]1C. The number of nitrogens with zero attached hydrogens (tertiary/aromatic N) is 1. The van der Waals surface area contributed by atoms with Crippen molar-refractivity contribution in [1.29, 1.82) is 0 Å². The Labute approximate surface area is 278 Å². The van der Waals surface area contributed by atoms with Gasteiger partial charge in [0.15, 0.2) is 18.0 Å². The Morgan fingerprint density at radius 2 is 1.72 bits per heavy atom. The van der Waals surface area contributed by atoms with Gasteiger partial charge in [0, 0.05) is 31.8 Å². The summed E-state index contributed by atoms with van der Waals surface area (Å²) in [6.45, 7) is 18.9. The fourth-order valence-electron chi connectivity index (χ4n) is 8.88. The van der Waals surface area contributed by atoms with Gasteiger partial charge in [-0.05, 0) is 52.9 Å². The molecule has 1 N–H and O–H groups in total. The van der Waals surface area contributed by atoms with Crippen molar-refractivity contribution in [3.63, 3.8) is 0 Å². The number of hydrogen-bond donors (Lipinski definition) is 1. The molecule has 268 valence electrons. The molecule has 0 aromatic rings. The lowest BCUT2D eigenvalue weighted by Crippen LogP contribution is -2.62. The second kappa shape index (κ2) is 14.1. The smallest absolute Gasteiger partial charge is 0.457 e. The summed E-state index contributed by atoms with van der Waals surface area (Å²) in [5.74, 6) is -3.11. The highest BCUT2D eigenvalue weighted by molar-refractivity contribution is 5.73. The summed E-state index contributed by atoms with van der Waals surface area (Å²) in [6.07, 6.45) is -4.98. The average molecular weight is 670 g/mol. The van der Waals surface area contributed by atoms with Gasteiger partial charge in [-0.2, -0.15) is 0 Å². The van der Waals surface area contributed by atoms with Crippen LogP contribution in [0.2, 0.25) is 0 Å². The Hall–Kier alpha value is -2.03. The molecule has 5 unspecified atom stereocenters. The van der Waals surface area contributed by atoms with Gasteiger partial charge in [0.25, 0.3) is 0 Å². The molecule has 47 heavy (non-hydrogen) atoms. The number of hydrogen-bond acceptors (Lipinski definition) is 13. The summed E-state index contributed by atoms with van der Waals surface area (Å²) in [4.78, 5) is 40.9. The zero-order valence-electron chi connectivity index (χ0n) is 29.3. The molecule has 0 aliphatic carbocycles. The molecule has 0 aromatic heterocycles. The van der Waals surface area contributed by atoms with Crippen LogP contribution in [0.5, 0.6) is 0 Å². The van der Waals surface area contributed by atoms with Crippen LogP contribution in [-0.4, -0.2) is 121 Å². The molecule has 13 heteroatoms. The van der Waals surface area contributed by atoms with E-state index in [0.29, 0.717) is 45.6 Å². The van der Waals surface area contributed by atoms with E-state index in [9.17, 15) is 19.5 Å². The highest BCUT2D eigenvalue weighted by Crippen LogP contribution is 2.49. The Morgan fingerprint density at radius 1 is 1.04 bits per heavy atom. The molecule has 0 aromatic carbocycles. The monoisotopic (exact) mass is 669 g/mol. The van der Waals surface area contributed by atoms with Gasteiger partial charge in [0.2, 0.25) is 0 Å². The molecule has 13 nitrogen and oxygen atoms in total. The summed E-state index contributed by atoms with van der Waals surface area (Å²) >= 11 is 0. The topological polar surface area (TPSA) is 149 Å². The van der Waals surface area contributed by atoms with E-state index in [0.717, 1.165) is 0 Å². The molecule has 0 saturated carbocycles. The zero-order valence-corrected chi connectivity index (χ0v) is 29.3. The molecule has 0 spiro atoms. The molecule has 5 rings (SSSR count). The first-order valence-electron chi connectivity index (χ1n) is 17.4. The standard InChI is InChI=1S/C34H55NO12/c1-10-24-34(9,47-32(39)43-24)29-21(6)26-17(2)16-33(8,46-26)28(19(4)25(37)20(5)30(38)44-29)45-31-27(42-22(7)36)23(15-18(3)41-31)35-11-13-40-14-12-35/h17-21,23-29,31,37H,10-16H2,1-9H3/t17?,18?,19-,20+,21-,23?,24+,25-,26?,27?,28+,29+,31-,33-,34+/m0/s1. The number of aliphatic hydroxyl groups is 1. The van der Waals surface area contributed by atoms with Crippen LogP contribution in [0.3, 0.4) is 0 Å². The summed E-state index contributed by atoms with van der Waals surface area (Å²) < 4.78 is 49.2. The summed E-state index contributed by atoms with van der Waals surface area (Å²) in [7, 11) is 0. The average Bonchev–Trinajstić information content (AvgIpc) is 3.51. The van der Waals surface area contributed by atoms with E-state index >= 15 is 0 Å². The number of carbonyl (C=O) groups excluding carboxylic acids is 3. The maximum absolute atomic E-state index is 13.8. The minimum absolute atomic E-state index is 0.0262. The van der Waals surface area contributed by atoms with Gasteiger partial charge in [0.1, 0.15) is 12.2 Å². The third kappa shape index (κ3) is 7.03. The Bertz CT molecular complexity index is 1150. The number of esters is 2. The molecule has 5 saturated heterocycles. The molecule has 2 bridgehead atoms. The van der Waals surface area contributed by atoms with E-state index in [-0.39, 0.29) is 18.1 Å². The largest absolute Gasteiger partial charge is 0.509 e. The maximum atomic E-state index is 13.8. The molecule has 0 amide bonds. The lowest BCUT2D eigenvalue weighted by molar-refractivity contribution is -0.305. The van der Waals surface area contributed by atoms with Crippen LogP contribution in [0.4, 0.5) is 4.79 Å². The second-order valence-electron chi connectivity index (χ2n) is 14.9. The minimum atomic E-state index is -1.26. The van der Waals surface area contributed by atoms with Crippen molar-refractivity contribution < 1.29 is 57.4 Å². The predicted octanol–water partition coefficient (Wildman–Crippen LogP) is 3.22. The van der Waals surface area contributed by atoms with Crippen LogP contribution in [-0.2, 0) is 47.5 Å². The van der Waals surface area contributed by atoms with Crippen molar-refractivity contribution in [2.45, 2.75) is 148 Å². The second-order valence-corrected chi connectivity index (χ2v) is 14.9. The van der Waals surface area contributed by atoms with Gasteiger partial charge in [-0.3, -0.25) is 14.5 Å². The van der Waals surface area contributed by atoms with Crippen LogP contribution in [0.25, 0.3) is 0 Å². The van der Waals surface area contributed by atoms with E-state index in [1.807, 2.05) is 34.6 Å². The molecular formula is C34H55NO12. The molecule has 15 atom stereocenters. The normalized spacial score (nSPS) is 48.2. The van der Waals surface area contributed by atoms with Crippen molar-refractivity contribution in [3.05, 3.63) is 0 Å². The quantitative estimate of drug-likeness (QED) is 0.326. The van der Waals surface area contributed by atoms with Crippen molar-refractivity contribution in [1.82, 2.24) is 4.90 Å². The number of fused-ring (bicyclic) bond motifs is 2. The summed E-state index contributed by atoms with van der Waals surface area (Å²) in [5, 5.41) is 11.8. The van der Waals surface area contributed by atoms with E-state index in [4.69, 9.17) is 37.9 Å². The van der Waals surface area contributed by atoms with Crippen molar-refractivity contribution in [3.8, 4) is 0 Å². The number of cyclic esters (lactones) is 3. The van der Waals surface area contributed by atoms with Crippen molar-refractivity contribution >= 4 is 18.1 Å². The van der Waals surface area contributed by atoms with Crippen LogP contribution < -0.4 is 0 Å². The Morgan fingerprint density at radius 3 is 2.36 bits per heavy atom. The van der Waals surface area contributed by atoms with Crippen LogP contribution in [0.1, 0.15) is 81.6 Å². The lowest BCUT2D eigenvalue weighted by Gasteiger charge is -2.48. The zero-order chi connectivity index (χ0) is 34.4. The fraction of sp³-hybridized carbons (Fsp3) is 0.912. The highest BCUT2D eigenvalue weighted by atomic mass is 16.8. The minimum Gasteiger partial charge on any atom is -0.457 e. The van der Waals surface area contributed by atoms with Crippen molar-refractivity contribution in [2.24, 2.45) is 23.7 Å². The maximum Gasteiger partial charge on any atom is 0.509 e. The highest BCUT2D eigenvalue weighted by Gasteiger charge is 2.61.